The fourth-order valence-electron chi connectivity index (χ4n) is 4.80. The lowest BCUT2D eigenvalue weighted by molar-refractivity contribution is 0.0674. The maximum atomic E-state index is 10.1. The lowest BCUT2D eigenvalue weighted by atomic mass is 9.88. The minimum Gasteiger partial charge on any atom is -0.390 e. The van der Waals surface area contributed by atoms with Gasteiger partial charge in [-0.2, -0.15) is 0 Å². The second-order valence-electron chi connectivity index (χ2n) is 11.8. The molecule has 0 radical (unpaired) electrons. The molecule has 1 aromatic carbocycles. The molecule has 0 saturated heterocycles. The number of aliphatic hydroxyl groups is 3. The number of hydrogen-bond acceptors (Lipinski definition) is 3. The molecule has 35 heavy (non-hydrogen) atoms. The summed E-state index contributed by atoms with van der Waals surface area (Å²) < 4.78 is 0. The largest absolute Gasteiger partial charge is 0.390 e. The molecule has 1 aliphatic carbocycles. The molecule has 1 fully saturated rings. The Balaban J connectivity index is 2.02. The van der Waals surface area contributed by atoms with Crippen molar-refractivity contribution in [1.29, 1.82) is 0 Å². The molecule has 0 heterocycles. The Kier molecular flexibility index (Phi) is 12.0. The normalized spacial score (nSPS) is 18.7. The van der Waals surface area contributed by atoms with Gasteiger partial charge in [0.05, 0.1) is 17.3 Å². The highest BCUT2D eigenvalue weighted by Gasteiger charge is 2.17. The highest BCUT2D eigenvalue weighted by Crippen LogP contribution is 2.28. The molecule has 1 atom stereocenters. The summed E-state index contributed by atoms with van der Waals surface area (Å²) in [7, 11) is 0. The maximum absolute atomic E-state index is 10.1. The van der Waals surface area contributed by atoms with Crippen LogP contribution >= 0.6 is 0 Å². The molecule has 3 nitrogen and oxygen atoms in total. The van der Waals surface area contributed by atoms with E-state index < -0.39 is 17.3 Å². The van der Waals surface area contributed by atoms with E-state index in [9.17, 15) is 15.3 Å². The molecule has 0 aliphatic heterocycles. The van der Waals surface area contributed by atoms with E-state index in [0.717, 1.165) is 94.6 Å². The van der Waals surface area contributed by atoms with Crippen LogP contribution in [0.3, 0.4) is 0 Å². The first-order chi connectivity index (χ1) is 16.4. The van der Waals surface area contributed by atoms with Crippen LogP contribution in [0.15, 0.2) is 48.1 Å². The van der Waals surface area contributed by atoms with Crippen molar-refractivity contribution in [1.82, 2.24) is 0 Å². The van der Waals surface area contributed by atoms with Crippen LogP contribution in [0.4, 0.5) is 0 Å². The average molecular weight is 483 g/mol. The van der Waals surface area contributed by atoms with E-state index >= 15 is 0 Å². The van der Waals surface area contributed by atoms with Crippen LogP contribution in [0.25, 0.3) is 6.08 Å². The molecule has 1 aromatic rings. The Labute approximate surface area is 214 Å². The minimum absolute atomic E-state index is 0.397. The third kappa shape index (κ3) is 12.7. The second kappa shape index (κ2) is 14.2. The van der Waals surface area contributed by atoms with E-state index in [1.807, 2.05) is 27.7 Å². The standard InChI is InChI=1S/C32H50O3/c1-25-29(18-13-19-30(25)33)17-12-16-28-23-26(14-8-6-10-20-31(2,3)34)22-27(24-28)15-9-7-11-21-32(4,5)35/h12,16-17,22-24,30,33-35H,1,6-11,13-15,18-21H2,2-5H3/b16-12+,29-17-. The molecule has 1 saturated carbocycles. The Morgan fingerprint density at radius 1 is 0.857 bits per heavy atom. The summed E-state index contributed by atoms with van der Waals surface area (Å²) >= 11 is 0. The summed E-state index contributed by atoms with van der Waals surface area (Å²) in [5.41, 5.74) is 4.88. The van der Waals surface area contributed by atoms with Crippen molar-refractivity contribution in [3.63, 3.8) is 0 Å². The van der Waals surface area contributed by atoms with Crippen LogP contribution in [0.5, 0.6) is 0 Å². The third-order valence-electron chi connectivity index (χ3n) is 6.91. The quantitative estimate of drug-likeness (QED) is 0.241. The van der Waals surface area contributed by atoms with Crippen molar-refractivity contribution >= 4 is 6.08 Å². The molecule has 196 valence electrons. The fraction of sp³-hybridized carbons (Fsp3) is 0.625. The maximum Gasteiger partial charge on any atom is 0.0787 e. The monoisotopic (exact) mass is 482 g/mol. The highest BCUT2D eigenvalue weighted by atomic mass is 16.3. The lowest BCUT2D eigenvalue weighted by Crippen LogP contribution is -2.17. The summed E-state index contributed by atoms with van der Waals surface area (Å²) in [5, 5.41) is 29.9. The lowest BCUT2D eigenvalue weighted by Gasteiger charge is -2.22. The second-order valence-corrected chi connectivity index (χ2v) is 11.8. The Morgan fingerprint density at radius 3 is 1.91 bits per heavy atom. The van der Waals surface area contributed by atoms with Crippen molar-refractivity contribution in [3.05, 3.63) is 64.8 Å². The van der Waals surface area contributed by atoms with Gasteiger partial charge in [-0.25, -0.2) is 0 Å². The summed E-state index contributed by atoms with van der Waals surface area (Å²) in [6.07, 6.45) is 19.3. The summed E-state index contributed by atoms with van der Waals surface area (Å²) in [6.45, 7) is 11.6. The van der Waals surface area contributed by atoms with Crippen molar-refractivity contribution in [2.45, 2.75) is 128 Å². The van der Waals surface area contributed by atoms with Crippen LogP contribution in [-0.4, -0.2) is 32.6 Å². The SMILES string of the molecule is C=C1/C(=C\C=C\c2cc(CCCCCC(C)(C)O)cc(CCCCCC(C)(C)O)c2)CCCC1O. The van der Waals surface area contributed by atoms with Gasteiger partial charge < -0.3 is 15.3 Å². The van der Waals surface area contributed by atoms with E-state index in [2.05, 4.69) is 43.0 Å². The fourth-order valence-corrected chi connectivity index (χ4v) is 4.80. The average Bonchev–Trinajstić information content (AvgIpc) is 2.74. The number of unbranched alkanes of at least 4 members (excludes halogenated alkanes) is 4. The van der Waals surface area contributed by atoms with E-state index in [-0.39, 0.29) is 0 Å². The number of hydrogen-bond donors (Lipinski definition) is 3. The van der Waals surface area contributed by atoms with Crippen LogP contribution < -0.4 is 0 Å². The minimum atomic E-state index is -0.572. The van der Waals surface area contributed by atoms with Gasteiger partial charge >= 0.3 is 0 Å². The van der Waals surface area contributed by atoms with Crippen LogP contribution in [0.1, 0.15) is 115 Å². The molecule has 2 rings (SSSR count). The molecular formula is C32H50O3. The molecular weight excluding hydrogens is 432 g/mol. The van der Waals surface area contributed by atoms with Gasteiger partial charge in [-0.1, -0.05) is 68.7 Å². The van der Waals surface area contributed by atoms with Crippen LogP contribution in [0.2, 0.25) is 0 Å². The van der Waals surface area contributed by atoms with Crippen LogP contribution in [0, 0.1) is 0 Å². The van der Waals surface area contributed by atoms with Crippen molar-refractivity contribution < 1.29 is 15.3 Å². The zero-order chi connectivity index (χ0) is 25.9. The topological polar surface area (TPSA) is 60.7 Å². The van der Waals surface area contributed by atoms with E-state index in [1.165, 1.54) is 16.7 Å². The van der Waals surface area contributed by atoms with Gasteiger partial charge in [-0.3, -0.25) is 0 Å². The molecule has 3 N–H and O–H groups in total. The first-order valence-electron chi connectivity index (χ1n) is 13.7. The van der Waals surface area contributed by atoms with Gasteiger partial charge in [0.1, 0.15) is 0 Å². The highest BCUT2D eigenvalue weighted by molar-refractivity contribution is 5.55. The van der Waals surface area contributed by atoms with Gasteiger partial charge in [-0.15, -0.1) is 0 Å². The number of aryl methyl sites for hydroxylation is 2. The number of allylic oxidation sites excluding steroid dienone is 2. The zero-order valence-corrected chi connectivity index (χ0v) is 22.8. The van der Waals surface area contributed by atoms with Crippen molar-refractivity contribution in [3.8, 4) is 0 Å². The summed E-state index contributed by atoms with van der Waals surface area (Å²) in [5.74, 6) is 0. The molecule has 0 amide bonds. The first-order valence-corrected chi connectivity index (χ1v) is 13.7. The smallest absolute Gasteiger partial charge is 0.0787 e. The molecule has 0 bridgehead atoms. The predicted molar refractivity (Wildman–Crippen MR) is 149 cm³/mol. The van der Waals surface area contributed by atoms with Crippen molar-refractivity contribution in [2.24, 2.45) is 0 Å². The summed E-state index contributed by atoms with van der Waals surface area (Å²) in [6, 6.07) is 6.96. The summed E-state index contributed by atoms with van der Waals surface area (Å²) in [4.78, 5) is 0. The molecule has 3 heteroatoms. The number of rotatable bonds is 14. The van der Waals surface area contributed by atoms with Gasteiger partial charge in [0.2, 0.25) is 0 Å². The van der Waals surface area contributed by atoms with E-state index in [4.69, 9.17) is 0 Å². The predicted octanol–water partition coefficient (Wildman–Crippen LogP) is 7.47. The Hall–Kier alpha value is -1.68. The molecule has 1 aliphatic rings. The van der Waals surface area contributed by atoms with E-state index in [0.29, 0.717) is 0 Å². The zero-order valence-electron chi connectivity index (χ0n) is 22.8. The van der Waals surface area contributed by atoms with E-state index in [1.54, 1.807) is 0 Å². The van der Waals surface area contributed by atoms with Crippen molar-refractivity contribution in [2.75, 3.05) is 0 Å². The molecule has 1 unspecified atom stereocenters. The van der Waals surface area contributed by atoms with Gasteiger partial charge in [0, 0.05) is 0 Å². The molecule has 0 spiro atoms. The van der Waals surface area contributed by atoms with Gasteiger partial charge in [-0.05, 0) is 113 Å². The van der Waals surface area contributed by atoms with Gasteiger partial charge in [0.25, 0.3) is 0 Å². The van der Waals surface area contributed by atoms with Crippen LogP contribution in [-0.2, 0) is 12.8 Å². The third-order valence-corrected chi connectivity index (χ3v) is 6.91. The Morgan fingerprint density at radius 2 is 1.40 bits per heavy atom. The van der Waals surface area contributed by atoms with Gasteiger partial charge in [0.15, 0.2) is 0 Å². The number of benzene rings is 1. The first kappa shape index (κ1) is 29.5. The number of aliphatic hydroxyl groups excluding tert-OH is 1. The molecule has 0 aromatic heterocycles. The Bertz CT molecular complexity index is 806.